The number of fused-ring (bicyclic) bond motifs is 1. The van der Waals surface area contributed by atoms with E-state index in [0.717, 1.165) is 12.0 Å². The average molecular weight is 273 g/mol. The fourth-order valence-electron chi connectivity index (χ4n) is 2.90. The highest BCUT2D eigenvalue weighted by Crippen LogP contribution is 2.23. The molecule has 0 fully saturated rings. The Bertz CT molecular complexity index is 464. The Balaban J connectivity index is 1.82. The number of amides is 1. The summed E-state index contributed by atoms with van der Waals surface area (Å²) in [6.07, 6.45) is 6.38. The van der Waals surface area contributed by atoms with Gasteiger partial charge in [-0.1, -0.05) is 32.0 Å². The van der Waals surface area contributed by atoms with Gasteiger partial charge in [0.05, 0.1) is 6.42 Å². The number of carbonyl (C=O) groups is 1. The maximum Gasteiger partial charge on any atom is 0.224 e. The van der Waals surface area contributed by atoms with Crippen LogP contribution in [0, 0.1) is 5.92 Å². The summed E-state index contributed by atoms with van der Waals surface area (Å²) in [5.74, 6) is 0.852. The topological polar surface area (TPSA) is 29.1 Å². The van der Waals surface area contributed by atoms with Crippen LogP contribution < -0.4 is 5.32 Å². The molecule has 0 saturated carbocycles. The van der Waals surface area contributed by atoms with Crippen LogP contribution in [0.2, 0.25) is 0 Å². The van der Waals surface area contributed by atoms with Crippen molar-refractivity contribution < 1.29 is 4.79 Å². The Morgan fingerprint density at radius 3 is 2.65 bits per heavy atom. The van der Waals surface area contributed by atoms with Gasteiger partial charge in [0.25, 0.3) is 0 Å². The summed E-state index contributed by atoms with van der Waals surface area (Å²) in [7, 11) is 0. The van der Waals surface area contributed by atoms with Gasteiger partial charge in [0.15, 0.2) is 0 Å². The number of rotatable bonds is 6. The van der Waals surface area contributed by atoms with E-state index in [9.17, 15) is 4.79 Å². The standard InChI is InChI=1S/C18H27NO/c1-13(2)7-8-14(3)19-18(20)12-15-9-10-16-5-4-6-17(16)11-15/h9-11,13-14H,4-8,12H2,1-3H3,(H,19,20). The molecule has 110 valence electrons. The molecule has 0 bridgehead atoms. The second-order valence-electron chi connectivity index (χ2n) is 6.57. The summed E-state index contributed by atoms with van der Waals surface area (Å²) >= 11 is 0. The van der Waals surface area contributed by atoms with Gasteiger partial charge < -0.3 is 5.32 Å². The Morgan fingerprint density at radius 2 is 1.90 bits per heavy atom. The molecule has 2 nitrogen and oxygen atoms in total. The van der Waals surface area contributed by atoms with Crippen molar-refractivity contribution in [1.82, 2.24) is 5.32 Å². The number of carbonyl (C=O) groups excluding carboxylic acids is 1. The third-order valence-corrected chi connectivity index (χ3v) is 4.11. The fourth-order valence-corrected chi connectivity index (χ4v) is 2.90. The monoisotopic (exact) mass is 273 g/mol. The normalized spacial score (nSPS) is 15.2. The molecule has 1 aromatic rings. The second kappa shape index (κ2) is 6.92. The first-order chi connectivity index (χ1) is 9.54. The van der Waals surface area contributed by atoms with E-state index in [4.69, 9.17) is 0 Å². The van der Waals surface area contributed by atoms with Crippen LogP contribution >= 0.6 is 0 Å². The second-order valence-corrected chi connectivity index (χ2v) is 6.57. The van der Waals surface area contributed by atoms with Crippen molar-refractivity contribution in [1.29, 1.82) is 0 Å². The van der Waals surface area contributed by atoms with Crippen molar-refractivity contribution in [2.45, 2.75) is 65.3 Å². The highest BCUT2D eigenvalue weighted by Gasteiger charge is 2.13. The van der Waals surface area contributed by atoms with Crippen LogP contribution in [0.3, 0.4) is 0 Å². The molecule has 1 unspecified atom stereocenters. The Kier molecular flexibility index (Phi) is 5.22. The van der Waals surface area contributed by atoms with Crippen LogP contribution in [-0.2, 0) is 24.1 Å². The largest absolute Gasteiger partial charge is 0.353 e. The SMILES string of the molecule is CC(C)CCC(C)NC(=O)Cc1ccc2c(c1)CCC2. The number of benzene rings is 1. The Labute approximate surface area is 123 Å². The highest BCUT2D eigenvalue weighted by molar-refractivity contribution is 5.78. The fraction of sp³-hybridized carbons (Fsp3) is 0.611. The molecule has 1 aliphatic rings. The molecule has 0 radical (unpaired) electrons. The first-order valence-corrected chi connectivity index (χ1v) is 7.94. The molecule has 1 aromatic carbocycles. The molecule has 1 amide bonds. The van der Waals surface area contributed by atoms with Gasteiger partial charge in [-0.25, -0.2) is 0 Å². The van der Waals surface area contributed by atoms with Crippen molar-refractivity contribution in [3.8, 4) is 0 Å². The van der Waals surface area contributed by atoms with Crippen LogP contribution in [-0.4, -0.2) is 11.9 Å². The van der Waals surface area contributed by atoms with E-state index in [1.54, 1.807) is 0 Å². The number of aryl methyl sites for hydroxylation is 2. The smallest absolute Gasteiger partial charge is 0.224 e. The van der Waals surface area contributed by atoms with Gasteiger partial charge in [-0.2, -0.15) is 0 Å². The van der Waals surface area contributed by atoms with Crippen LogP contribution in [0.4, 0.5) is 0 Å². The lowest BCUT2D eigenvalue weighted by Crippen LogP contribution is -2.33. The minimum absolute atomic E-state index is 0.152. The zero-order chi connectivity index (χ0) is 14.5. The molecule has 1 N–H and O–H groups in total. The van der Waals surface area contributed by atoms with E-state index in [-0.39, 0.29) is 11.9 Å². The van der Waals surface area contributed by atoms with E-state index in [2.05, 4.69) is 44.3 Å². The molecule has 0 heterocycles. The third-order valence-electron chi connectivity index (χ3n) is 4.11. The molecule has 0 saturated heterocycles. The molecule has 2 rings (SSSR count). The van der Waals surface area contributed by atoms with Crippen molar-refractivity contribution in [3.63, 3.8) is 0 Å². The summed E-state index contributed by atoms with van der Waals surface area (Å²) in [4.78, 5) is 12.1. The van der Waals surface area contributed by atoms with Crippen molar-refractivity contribution in [2.75, 3.05) is 0 Å². The molecular weight excluding hydrogens is 246 g/mol. The maximum absolute atomic E-state index is 12.1. The summed E-state index contributed by atoms with van der Waals surface area (Å²) < 4.78 is 0. The first-order valence-electron chi connectivity index (χ1n) is 7.94. The summed E-state index contributed by atoms with van der Waals surface area (Å²) in [5, 5.41) is 3.11. The Hall–Kier alpha value is -1.31. The predicted molar refractivity (Wildman–Crippen MR) is 83.8 cm³/mol. The summed E-state index contributed by atoms with van der Waals surface area (Å²) in [5.41, 5.74) is 4.07. The van der Waals surface area contributed by atoms with Gasteiger partial charge >= 0.3 is 0 Å². The van der Waals surface area contributed by atoms with E-state index in [1.807, 2.05) is 0 Å². The minimum atomic E-state index is 0.152. The van der Waals surface area contributed by atoms with Crippen molar-refractivity contribution >= 4 is 5.91 Å². The quantitative estimate of drug-likeness (QED) is 0.842. The molecule has 1 aliphatic carbocycles. The summed E-state index contributed by atoms with van der Waals surface area (Å²) in [6.45, 7) is 6.54. The van der Waals surface area contributed by atoms with Gasteiger partial charge in [-0.3, -0.25) is 4.79 Å². The van der Waals surface area contributed by atoms with Gasteiger partial charge in [0, 0.05) is 6.04 Å². The van der Waals surface area contributed by atoms with Gasteiger partial charge in [0.1, 0.15) is 0 Å². The molecule has 2 heteroatoms. The van der Waals surface area contributed by atoms with Crippen molar-refractivity contribution in [2.24, 2.45) is 5.92 Å². The van der Waals surface area contributed by atoms with Crippen LogP contribution in [0.5, 0.6) is 0 Å². The summed E-state index contributed by atoms with van der Waals surface area (Å²) in [6, 6.07) is 6.82. The van der Waals surface area contributed by atoms with Crippen LogP contribution in [0.15, 0.2) is 18.2 Å². The number of hydrogen-bond donors (Lipinski definition) is 1. The highest BCUT2D eigenvalue weighted by atomic mass is 16.1. The van der Waals surface area contributed by atoms with E-state index in [1.165, 1.54) is 36.8 Å². The first kappa shape index (κ1) is 15.1. The zero-order valence-electron chi connectivity index (χ0n) is 13.0. The number of hydrogen-bond acceptors (Lipinski definition) is 1. The lowest BCUT2D eigenvalue weighted by Gasteiger charge is -2.15. The predicted octanol–water partition coefficient (Wildman–Crippen LogP) is 3.66. The molecule has 0 spiro atoms. The zero-order valence-corrected chi connectivity index (χ0v) is 13.0. The van der Waals surface area contributed by atoms with Crippen LogP contribution in [0.1, 0.15) is 56.7 Å². The van der Waals surface area contributed by atoms with Crippen LogP contribution in [0.25, 0.3) is 0 Å². The number of nitrogens with one attached hydrogen (secondary N) is 1. The van der Waals surface area contributed by atoms with E-state index >= 15 is 0 Å². The van der Waals surface area contributed by atoms with Gasteiger partial charge in [-0.05, 0) is 61.6 Å². The van der Waals surface area contributed by atoms with E-state index < -0.39 is 0 Å². The van der Waals surface area contributed by atoms with Gasteiger partial charge in [-0.15, -0.1) is 0 Å². The molecule has 20 heavy (non-hydrogen) atoms. The van der Waals surface area contributed by atoms with Gasteiger partial charge in [0.2, 0.25) is 5.91 Å². The minimum Gasteiger partial charge on any atom is -0.353 e. The molecule has 1 atom stereocenters. The van der Waals surface area contributed by atoms with Crippen molar-refractivity contribution in [3.05, 3.63) is 34.9 Å². The lowest BCUT2D eigenvalue weighted by molar-refractivity contribution is -0.121. The molecule has 0 aliphatic heterocycles. The third kappa shape index (κ3) is 4.36. The maximum atomic E-state index is 12.1. The Morgan fingerprint density at radius 1 is 1.15 bits per heavy atom. The lowest BCUT2D eigenvalue weighted by atomic mass is 10.0. The molecule has 0 aromatic heterocycles. The van der Waals surface area contributed by atoms with E-state index in [0.29, 0.717) is 12.3 Å². The molecular formula is C18H27NO. The average Bonchev–Trinajstić information content (AvgIpc) is 2.83.